The van der Waals surface area contributed by atoms with E-state index in [1.165, 1.54) is 17.9 Å². The fourth-order valence-corrected chi connectivity index (χ4v) is 1.65. The van der Waals surface area contributed by atoms with E-state index in [1.54, 1.807) is 6.07 Å². The molecule has 0 bridgehead atoms. The van der Waals surface area contributed by atoms with Gasteiger partial charge < -0.3 is 0 Å². The predicted molar refractivity (Wildman–Crippen MR) is 41.0 cm³/mol. The summed E-state index contributed by atoms with van der Waals surface area (Å²) >= 11 is 0. The topological polar surface area (TPSA) is 75.8 Å². The first-order valence-electron chi connectivity index (χ1n) is 2.83. The zero-order valence-corrected chi connectivity index (χ0v) is 7.59. The maximum atomic E-state index is 10.8. The summed E-state index contributed by atoms with van der Waals surface area (Å²) in [7, 11) is 2.60. The third kappa shape index (κ3) is 1.57. The predicted octanol–water partition coefficient (Wildman–Crippen LogP) is 0.219. The molecular formula is C5H4ClN3O2S. The zero-order chi connectivity index (χ0) is 9.35. The fraction of sp³-hybridized carbons (Fsp3) is 0.200. The van der Waals surface area contributed by atoms with Gasteiger partial charge in [0.2, 0.25) is 5.03 Å². The molecule has 0 aliphatic rings. The smallest absolute Gasteiger partial charge is 0.273 e. The average molecular weight is 206 g/mol. The van der Waals surface area contributed by atoms with E-state index < -0.39 is 14.1 Å². The summed E-state index contributed by atoms with van der Waals surface area (Å²) in [5, 5.41) is 11.6. The van der Waals surface area contributed by atoms with Gasteiger partial charge in [-0.3, -0.25) is 4.68 Å². The number of halogens is 1. The molecule has 1 aromatic heterocycles. The lowest BCUT2D eigenvalue weighted by atomic mass is 10.4. The van der Waals surface area contributed by atoms with Gasteiger partial charge in [-0.25, -0.2) is 8.42 Å². The Labute approximate surface area is 73.6 Å². The first kappa shape index (κ1) is 9.03. The van der Waals surface area contributed by atoms with E-state index in [1.807, 2.05) is 0 Å². The molecule has 0 atom stereocenters. The molecule has 7 heteroatoms. The highest BCUT2D eigenvalue weighted by Crippen LogP contribution is 2.16. The van der Waals surface area contributed by atoms with Crippen LogP contribution in [0.4, 0.5) is 0 Å². The van der Waals surface area contributed by atoms with Crippen molar-refractivity contribution < 1.29 is 8.42 Å². The van der Waals surface area contributed by atoms with Gasteiger partial charge in [0.1, 0.15) is 11.6 Å². The third-order valence-electron chi connectivity index (χ3n) is 1.15. The van der Waals surface area contributed by atoms with Crippen LogP contribution < -0.4 is 0 Å². The molecule has 0 radical (unpaired) electrons. The number of aromatic nitrogens is 2. The van der Waals surface area contributed by atoms with Crippen molar-refractivity contribution in [3.8, 4) is 6.07 Å². The van der Waals surface area contributed by atoms with Crippen molar-refractivity contribution in [2.75, 3.05) is 0 Å². The van der Waals surface area contributed by atoms with Crippen LogP contribution in [0.5, 0.6) is 0 Å². The van der Waals surface area contributed by atoms with Crippen LogP contribution in [-0.4, -0.2) is 18.2 Å². The van der Waals surface area contributed by atoms with Gasteiger partial charge in [0.25, 0.3) is 9.05 Å². The summed E-state index contributed by atoms with van der Waals surface area (Å²) in [4.78, 5) is 0. The monoisotopic (exact) mass is 205 g/mol. The highest BCUT2D eigenvalue weighted by atomic mass is 35.7. The minimum Gasteiger partial charge on any atom is -0.273 e. The van der Waals surface area contributed by atoms with Crippen LogP contribution in [0.2, 0.25) is 0 Å². The van der Waals surface area contributed by atoms with Crippen molar-refractivity contribution in [1.29, 1.82) is 5.26 Å². The molecule has 5 nitrogen and oxygen atoms in total. The first-order valence-corrected chi connectivity index (χ1v) is 5.14. The molecule has 0 aromatic carbocycles. The van der Waals surface area contributed by atoms with Gasteiger partial charge >= 0.3 is 0 Å². The summed E-state index contributed by atoms with van der Waals surface area (Å²) in [5.74, 6) is 0. The van der Waals surface area contributed by atoms with E-state index in [0.717, 1.165) is 0 Å². The maximum Gasteiger partial charge on any atom is 0.281 e. The van der Waals surface area contributed by atoms with Crippen molar-refractivity contribution in [2.24, 2.45) is 7.05 Å². The third-order valence-corrected chi connectivity index (χ3v) is 2.35. The van der Waals surface area contributed by atoms with Crippen LogP contribution in [0.15, 0.2) is 11.2 Å². The molecule has 0 spiro atoms. The van der Waals surface area contributed by atoms with Crippen molar-refractivity contribution in [1.82, 2.24) is 9.78 Å². The molecule has 1 rings (SSSR count). The molecule has 0 N–H and O–H groups in total. The summed E-state index contributed by atoms with van der Waals surface area (Å²) in [6.07, 6.45) is 1.29. The molecule has 0 unspecified atom stereocenters. The summed E-state index contributed by atoms with van der Waals surface area (Å²) in [6.45, 7) is 0. The number of hydrogen-bond donors (Lipinski definition) is 0. The minimum atomic E-state index is -3.91. The molecule has 12 heavy (non-hydrogen) atoms. The Hall–Kier alpha value is -1.06. The van der Waals surface area contributed by atoms with E-state index in [4.69, 9.17) is 15.9 Å². The van der Waals surface area contributed by atoms with Gasteiger partial charge in [0.05, 0.1) is 0 Å². The Morgan fingerprint density at radius 3 is 2.67 bits per heavy atom. The maximum absolute atomic E-state index is 10.8. The molecule has 1 heterocycles. The molecule has 0 fully saturated rings. The molecular weight excluding hydrogens is 202 g/mol. The molecule has 0 aliphatic carbocycles. The molecule has 0 amide bonds. The standard InChI is InChI=1S/C5H4ClN3O2S/c1-9-3-4(2-7)5(8-9)12(6,10)11/h3H,1H3. The lowest BCUT2D eigenvalue weighted by Crippen LogP contribution is -1.95. The van der Waals surface area contributed by atoms with Gasteiger partial charge in [0.15, 0.2) is 0 Å². The highest BCUT2D eigenvalue weighted by Gasteiger charge is 2.19. The average Bonchev–Trinajstić information content (AvgIpc) is 2.29. The Morgan fingerprint density at radius 2 is 2.33 bits per heavy atom. The Bertz CT molecular complexity index is 442. The van der Waals surface area contributed by atoms with Crippen molar-refractivity contribution in [3.05, 3.63) is 11.8 Å². The second-order valence-electron chi connectivity index (χ2n) is 2.07. The van der Waals surface area contributed by atoms with Gasteiger partial charge in [-0.05, 0) is 0 Å². The van der Waals surface area contributed by atoms with Crippen LogP contribution in [-0.2, 0) is 16.1 Å². The number of nitrogens with zero attached hydrogens (tertiary/aromatic N) is 3. The lowest BCUT2D eigenvalue weighted by molar-refractivity contribution is 0.601. The van der Waals surface area contributed by atoms with Gasteiger partial charge in [0, 0.05) is 23.9 Å². The number of rotatable bonds is 1. The number of hydrogen-bond acceptors (Lipinski definition) is 4. The SMILES string of the molecule is Cn1cc(C#N)c(S(=O)(=O)Cl)n1. The molecule has 0 saturated carbocycles. The number of nitriles is 1. The summed E-state index contributed by atoms with van der Waals surface area (Å²) in [6, 6.07) is 1.68. The van der Waals surface area contributed by atoms with Gasteiger partial charge in [-0.2, -0.15) is 10.4 Å². The summed E-state index contributed by atoms with van der Waals surface area (Å²) < 4.78 is 22.7. The normalized spacial score (nSPS) is 11.1. The van der Waals surface area contributed by atoms with Crippen LogP contribution in [0.25, 0.3) is 0 Å². The van der Waals surface area contributed by atoms with Crippen molar-refractivity contribution in [2.45, 2.75) is 5.03 Å². The van der Waals surface area contributed by atoms with Crippen LogP contribution >= 0.6 is 10.7 Å². The van der Waals surface area contributed by atoms with E-state index in [-0.39, 0.29) is 5.56 Å². The summed E-state index contributed by atoms with van der Waals surface area (Å²) in [5.41, 5.74) is -0.0486. The number of aryl methyl sites for hydroxylation is 1. The first-order chi connectivity index (χ1) is 5.45. The van der Waals surface area contributed by atoms with E-state index in [9.17, 15) is 8.42 Å². The lowest BCUT2D eigenvalue weighted by Gasteiger charge is -1.86. The second-order valence-corrected chi connectivity index (χ2v) is 4.55. The van der Waals surface area contributed by atoms with Crippen LogP contribution in [0.3, 0.4) is 0 Å². The van der Waals surface area contributed by atoms with E-state index >= 15 is 0 Å². The van der Waals surface area contributed by atoms with E-state index in [2.05, 4.69) is 5.10 Å². The molecule has 64 valence electrons. The Morgan fingerprint density at radius 1 is 1.75 bits per heavy atom. The van der Waals surface area contributed by atoms with Crippen LogP contribution in [0, 0.1) is 11.3 Å². The zero-order valence-electron chi connectivity index (χ0n) is 6.02. The van der Waals surface area contributed by atoms with Crippen molar-refractivity contribution >= 4 is 19.7 Å². The quantitative estimate of drug-likeness (QED) is 0.615. The molecule has 1 aromatic rings. The minimum absolute atomic E-state index is 0.0486. The van der Waals surface area contributed by atoms with Gasteiger partial charge in [-0.1, -0.05) is 0 Å². The Balaban J connectivity index is 3.46. The largest absolute Gasteiger partial charge is 0.281 e. The molecule has 0 aliphatic heterocycles. The second kappa shape index (κ2) is 2.77. The van der Waals surface area contributed by atoms with Crippen molar-refractivity contribution in [3.63, 3.8) is 0 Å². The van der Waals surface area contributed by atoms with E-state index in [0.29, 0.717) is 0 Å². The fourth-order valence-electron chi connectivity index (χ4n) is 0.725. The molecule has 0 saturated heterocycles. The Kier molecular flexibility index (Phi) is 2.08. The highest BCUT2D eigenvalue weighted by molar-refractivity contribution is 8.13. The van der Waals surface area contributed by atoms with Crippen LogP contribution in [0.1, 0.15) is 5.56 Å². The van der Waals surface area contributed by atoms with Gasteiger partial charge in [-0.15, -0.1) is 0 Å².